The number of carbonyl (C=O) groups excluding carboxylic acids is 1. The van der Waals surface area contributed by atoms with Crippen LogP contribution in [0.15, 0.2) is 45.9 Å². The van der Waals surface area contributed by atoms with Crippen molar-refractivity contribution in [3.8, 4) is 11.5 Å². The molecule has 8 heteroatoms. The second-order valence-corrected chi connectivity index (χ2v) is 6.44. The lowest BCUT2D eigenvalue weighted by atomic mass is 10.1. The van der Waals surface area contributed by atoms with Gasteiger partial charge in [-0.1, -0.05) is 5.16 Å². The van der Waals surface area contributed by atoms with E-state index >= 15 is 0 Å². The highest BCUT2D eigenvalue weighted by molar-refractivity contribution is 7.08. The van der Waals surface area contributed by atoms with E-state index in [1.165, 1.54) is 12.4 Å². The molecule has 1 aliphatic rings. The molecule has 1 fully saturated rings. The third kappa shape index (κ3) is 2.76. The number of hydrogen-bond donors (Lipinski definition) is 0. The summed E-state index contributed by atoms with van der Waals surface area (Å²) in [6, 6.07) is 5.15. The van der Waals surface area contributed by atoms with Crippen LogP contribution in [0.5, 0.6) is 0 Å². The number of nitrogens with zero attached hydrogens (tertiary/aromatic N) is 4. The van der Waals surface area contributed by atoms with Crippen molar-refractivity contribution in [3.05, 3.63) is 57.9 Å². The van der Waals surface area contributed by atoms with Gasteiger partial charge in [0, 0.05) is 30.5 Å². The zero-order chi connectivity index (χ0) is 16.5. The van der Waals surface area contributed by atoms with Gasteiger partial charge in [-0.3, -0.25) is 4.79 Å². The van der Waals surface area contributed by atoms with E-state index in [1.54, 1.807) is 28.4 Å². The summed E-state index contributed by atoms with van der Waals surface area (Å²) in [4.78, 5) is 18.7. The molecular formula is C16H14N4O3S. The second-order valence-electron chi connectivity index (χ2n) is 5.66. The lowest BCUT2D eigenvalue weighted by molar-refractivity contribution is -0.605. The normalized spacial score (nSPS) is 17.3. The molecule has 0 unspecified atom stereocenters. The van der Waals surface area contributed by atoms with Crippen molar-refractivity contribution in [2.75, 3.05) is 13.1 Å². The van der Waals surface area contributed by atoms with Crippen molar-refractivity contribution in [2.24, 2.45) is 0 Å². The number of carbonyl (C=O) groups is 1. The molecular weight excluding hydrogens is 328 g/mol. The van der Waals surface area contributed by atoms with Crippen molar-refractivity contribution in [3.63, 3.8) is 0 Å². The lowest BCUT2D eigenvalue weighted by Gasteiger charge is -2.15. The molecule has 0 radical (unpaired) electrons. The molecule has 122 valence electrons. The summed E-state index contributed by atoms with van der Waals surface area (Å²) in [5, 5.41) is 19.3. The minimum atomic E-state index is -0.149. The molecule has 3 aromatic heterocycles. The summed E-state index contributed by atoms with van der Waals surface area (Å²) in [5.41, 5.74) is 1.30. The number of hydrogen-bond acceptors (Lipinski definition) is 6. The molecule has 1 aliphatic heterocycles. The average molecular weight is 342 g/mol. The Kier molecular flexibility index (Phi) is 3.73. The van der Waals surface area contributed by atoms with Crippen LogP contribution < -0.4 is 4.73 Å². The second kappa shape index (κ2) is 6.04. The van der Waals surface area contributed by atoms with Crippen LogP contribution in [0.4, 0.5) is 0 Å². The molecule has 4 rings (SSSR count). The molecule has 0 aliphatic carbocycles. The summed E-state index contributed by atoms with van der Waals surface area (Å²) in [6.07, 6.45) is 3.42. The van der Waals surface area contributed by atoms with Gasteiger partial charge in [0.05, 0.1) is 5.56 Å². The van der Waals surface area contributed by atoms with Crippen LogP contribution in [0.25, 0.3) is 11.5 Å². The van der Waals surface area contributed by atoms with E-state index in [1.807, 2.05) is 16.8 Å². The first kappa shape index (κ1) is 14.8. The quantitative estimate of drug-likeness (QED) is 0.537. The smallest absolute Gasteiger partial charge is 0.259 e. The first-order valence-electron chi connectivity index (χ1n) is 7.55. The first-order chi connectivity index (χ1) is 11.7. The van der Waals surface area contributed by atoms with Gasteiger partial charge in [0.25, 0.3) is 11.8 Å². The fourth-order valence-corrected chi connectivity index (χ4v) is 3.45. The van der Waals surface area contributed by atoms with E-state index in [-0.39, 0.29) is 11.8 Å². The molecule has 1 saturated heterocycles. The highest BCUT2D eigenvalue weighted by atomic mass is 32.1. The Labute approximate surface area is 141 Å². The fourth-order valence-electron chi connectivity index (χ4n) is 2.82. The van der Waals surface area contributed by atoms with Gasteiger partial charge in [-0.05, 0) is 23.9 Å². The van der Waals surface area contributed by atoms with Crippen LogP contribution in [0.2, 0.25) is 0 Å². The van der Waals surface area contributed by atoms with Gasteiger partial charge >= 0.3 is 0 Å². The Bertz CT molecular complexity index is 862. The lowest BCUT2D eigenvalue weighted by Crippen LogP contribution is -2.32. The van der Waals surface area contributed by atoms with Crippen LogP contribution >= 0.6 is 11.3 Å². The monoisotopic (exact) mass is 342 g/mol. The number of thiophene rings is 1. The molecule has 0 aromatic carbocycles. The Hall–Kier alpha value is -2.74. The Morgan fingerprint density at radius 1 is 1.46 bits per heavy atom. The van der Waals surface area contributed by atoms with E-state index in [2.05, 4.69) is 10.1 Å². The molecule has 0 spiro atoms. The SMILES string of the molecule is O=C(c1ccc[n+]([O-])c1)N1CC[C@@H](c2noc(-c3ccsc3)n2)C1. The molecule has 3 aromatic rings. The molecule has 7 nitrogen and oxygen atoms in total. The number of rotatable bonds is 3. The predicted octanol–water partition coefficient (Wildman–Crippen LogP) is 2.06. The third-order valence-electron chi connectivity index (χ3n) is 4.07. The summed E-state index contributed by atoms with van der Waals surface area (Å²) >= 11 is 1.57. The number of aromatic nitrogens is 3. The zero-order valence-electron chi connectivity index (χ0n) is 12.7. The van der Waals surface area contributed by atoms with Crippen LogP contribution in [0.3, 0.4) is 0 Å². The van der Waals surface area contributed by atoms with Crippen molar-refractivity contribution in [1.82, 2.24) is 15.0 Å². The zero-order valence-corrected chi connectivity index (χ0v) is 13.5. The molecule has 1 atom stereocenters. The van der Waals surface area contributed by atoms with Crippen molar-refractivity contribution in [2.45, 2.75) is 12.3 Å². The third-order valence-corrected chi connectivity index (χ3v) is 4.76. The van der Waals surface area contributed by atoms with Crippen LogP contribution in [-0.4, -0.2) is 34.0 Å². The van der Waals surface area contributed by atoms with Gasteiger partial charge in [-0.2, -0.15) is 21.1 Å². The maximum Gasteiger partial charge on any atom is 0.259 e. The van der Waals surface area contributed by atoms with E-state index in [0.29, 0.717) is 35.1 Å². The highest BCUT2D eigenvalue weighted by Crippen LogP contribution is 2.28. The van der Waals surface area contributed by atoms with Gasteiger partial charge < -0.3 is 14.6 Å². The minimum absolute atomic E-state index is 0.0492. The maximum absolute atomic E-state index is 12.5. The van der Waals surface area contributed by atoms with E-state index in [4.69, 9.17) is 4.52 Å². The molecule has 4 heterocycles. The number of likely N-dealkylation sites (tertiary alicyclic amines) is 1. The number of amides is 1. The summed E-state index contributed by atoms with van der Waals surface area (Å²) in [6.45, 7) is 1.13. The minimum Gasteiger partial charge on any atom is -0.619 e. The van der Waals surface area contributed by atoms with E-state index < -0.39 is 0 Å². The summed E-state index contributed by atoms with van der Waals surface area (Å²) in [5.74, 6) is 1.03. The topological polar surface area (TPSA) is 86.2 Å². The van der Waals surface area contributed by atoms with Gasteiger partial charge in [0.1, 0.15) is 5.56 Å². The van der Waals surface area contributed by atoms with Gasteiger partial charge in [-0.25, -0.2) is 0 Å². The van der Waals surface area contributed by atoms with E-state index in [0.717, 1.165) is 12.0 Å². The molecule has 0 N–H and O–H groups in total. The van der Waals surface area contributed by atoms with Crippen molar-refractivity contribution < 1.29 is 14.0 Å². The predicted molar refractivity (Wildman–Crippen MR) is 86.3 cm³/mol. The average Bonchev–Trinajstić information content (AvgIpc) is 3.32. The molecule has 1 amide bonds. The molecule has 0 bridgehead atoms. The maximum atomic E-state index is 12.5. The summed E-state index contributed by atoms with van der Waals surface area (Å²) < 4.78 is 5.95. The largest absolute Gasteiger partial charge is 0.619 e. The van der Waals surface area contributed by atoms with Crippen molar-refractivity contribution in [1.29, 1.82) is 0 Å². The Balaban J connectivity index is 1.48. The van der Waals surface area contributed by atoms with Crippen LogP contribution in [-0.2, 0) is 0 Å². The summed E-state index contributed by atoms with van der Waals surface area (Å²) in [7, 11) is 0. The van der Waals surface area contributed by atoms with E-state index in [9.17, 15) is 10.0 Å². The van der Waals surface area contributed by atoms with Gasteiger partial charge in [-0.15, -0.1) is 0 Å². The number of pyridine rings is 1. The Morgan fingerprint density at radius 2 is 2.38 bits per heavy atom. The van der Waals surface area contributed by atoms with Crippen LogP contribution in [0, 0.1) is 5.21 Å². The Morgan fingerprint density at radius 3 is 3.17 bits per heavy atom. The van der Waals surface area contributed by atoms with Gasteiger partial charge in [0.2, 0.25) is 0 Å². The standard InChI is InChI=1S/C16H14N4O3S/c21-16(12-2-1-5-20(22)9-12)19-6-3-11(8-19)14-17-15(23-18-14)13-4-7-24-10-13/h1-2,4-5,7,9-11H,3,6,8H2/t11-/m1/s1. The fraction of sp³-hybridized carbons (Fsp3) is 0.250. The van der Waals surface area contributed by atoms with Crippen molar-refractivity contribution >= 4 is 17.2 Å². The highest BCUT2D eigenvalue weighted by Gasteiger charge is 2.31. The molecule has 0 saturated carbocycles. The van der Waals surface area contributed by atoms with Crippen LogP contribution in [0.1, 0.15) is 28.5 Å². The van der Waals surface area contributed by atoms with Gasteiger partial charge in [0.15, 0.2) is 18.2 Å². The molecule has 24 heavy (non-hydrogen) atoms. The first-order valence-corrected chi connectivity index (χ1v) is 8.49.